The minimum Gasteiger partial charge on any atom is -0.393 e. The van der Waals surface area contributed by atoms with E-state index in [1.54, 1.807) is 16.7 Å². The van der Waals surface area contributed by atoms with Crippen molar-refractivity contribution in [2.24, 2.45) is 17.3 Å². The van der Waals surface area contributed by atoms with Crippen LogP contribution in [0.2, 0.25) is 0 Å². The first-order chi connectivity index (χ1) is 10.1. The Hall–Kier alpha value is -0.820. The molecule has 1 N–H and O–H groups in total. The third-order valence-electron chi connectivity index (χ3n) is 6.54. The topological polar surface area (TPSA) is 20.2 Å². The van der Waals surface area contributed by atoms with Crippen molar-refractivity contribution in [3.63, 3.8) is 0 Å². The number of aliphatic hydroxyl groups is 1. The number of rotatable bonds is 3. The monoisotopic (exact) mass is 286 g/mol. The molecular formula is C20H30O. The average molecular weight is 286 g/mol. The summed E-state index contributed by atoms with van der Waals surface area (Å²) in [5.74, 6) is 1.46. The molecular weight excluding hydrogens is 256 g/mol. The Kier molecular flexibility index (Phi) is 4.14. The van der Waals surface area contributed by atoms with E-state index in [1.807, 2.05) is 6.08 Å². The van der Waals surface area contributed by atoms with Crippen LogP contribution >= 0.6 is 0 Å². The highest BCUT2D eigenvalue weighted by Gasteiger charge is 2.52. The quantitative estimate of drug-likeness (QED) is 0.758. The fourth-order valence-electron chi connectivity index (χ4n) is 5.40. The number of aliphatic hydroxyl groups excluding tert-OH is 1. The molecule has 1 heteroatoms. The lowest BCUT2D eigenvalue weighted by molar-refractivity contribution is 0.00320. The molecule has 0 radical (unpaired) electrons. The minimum atomic E-state index is -0.0659. The lowest BCUT2D eigenvalue weighted by atomic mass is 9.58. The lowest BCUT2D eigenvalue weighted by Crippen LogP contribution is -2.41. The van der Waals surface area contributed by atoms with Crippen molar-refractivity contribution in [2.75, 3.05) is 0 Å². The summed E-state index contributed by atoms with van der Waals surface area (Å²) in [6.07, 6.45) is 13.7. The van der Waals surface area contributed by atoms with Crippen LogP contribution in [0.15, 0.2) is 35.5 Å². The molecule has 2 saturated carbocycles. The van der Waals surface area contributed by atoms with E-state index in [4.69, 9.17) is 0 Å². The molecule has 4 unspecified atom stereocenters. The highest BCUT2D eigenvalue weighted by Crippen LogP contribution is 2.59. The number of hydrogen-bond acceptors (Lipinski definition) is 1. The van der Waals surface area contributed by atoms with Crippen LogP contribution in [0.4, 0.5) is 0 Å². The maximum Gasteiger partial charge on any atom is 0.0596 e. The van der Waals surface area contributed by atoms with Crippen LogP contribution in [0.3, 0.4) is 0 Å². The molecule has 116 valence electrons. The van der Waals surface area contributed by atoms with E-state index in [-0.39, 0.29) is 11.5 Å². The van der Waals surface area contributed by atoms with Gasteiger partial charge < -0.3 is 5.11 Å². The molecule has 0 spiro atoms. The van der Waals surface area contributed by atoms with Crippen LogP contribution in [0.5, 0.6) is 0 Å². The lowest BCUT2D eigenvalue weighted by Gasteiger charge is -2.48. The van der Waals surface area contributed by atoms with Gasteiger partial charge >= 0.3 is 0 Å². The first kappa shape index (κ1) is 15.1. The van der Waals surface area contributed by atoms with Gasteiger partial charge in [-0.15, -0.1) is 0 Å². The van der Waals surface area contributed by atoms with Crippen molar-refractivity contribution in [2.45, 2.75) is 71.3 Å². The predicted octanol–water partition coefficient (Wildman–Crippen LogP) is 5.18. The van der Waals surface area contributed by atoms with Gasteiger partial charge in [0.2, 0.25) is 0 Å². The van der Waals surface area contributed by atoms with Crippen LogP contribution in [-0.4, -0.2) is 11.2 Å². The zero-order chi connectivity index (χ0) is 15.0. The molecule has 0 heterocycles. The fraction of sp³-hybridized carbons (Fsp3) is 0.700. The number of allylic oxidation sites excluding steroid dienone is 5. The van der Waals surface area contributed by atoms with E-state index in [2.05, 4.69) is 26.5 Å². The SMILES string of the molecule is C=C/C=C1/CCC2C(=C1CCC)CCC1(C)C(O)CCC21. The van der Waals surface area contributed by atoms with Crippen molar-refractivity contribution in [3.05, 3.63) is 35.5 Å². The average Bonchev–Trinajstić information content (AvgIpc) is 2.78. The maximum atomic E-state index is 10.4. The van der Waals surface area contributed by atoms with E-state index < -0.39 is 0 Å². The molecule has 0 aromatic heterocycles. The molecule has 0 aromatic rings. The molecule has 3 aliphatic carbocycles. The van der Waals surface area contributed by atoms with E-state index in [0.29, 0.717) is 5.92 Å². The van der Waals surface area contributed by atoms with Crippen LogP contribution < -0.4 is 0 Å². The van der Waals surface area contributed by atoms with Gasteiger partial charge in [0.05, 0.1) is 6.10 Å². The first-order valence-electron chi connectivity index (χ1n) is 8.83. The van der Waals surface area contributed by atoms with Gasteiger partial charge in [-0.25, -0.2) is 0 Å². The van der Waals surface area contributed by atoms with Crippen LogP contribution in [0.25, 0.3) is 0 Å². The molecule has 0 amide bonds. The Morgan fingerprint density at radius 2 is 2.10 bits per heavy atom. The van der Waals surface area contributed by atoms with Gasteiger partial charge in [-0.3, -0.25) is 0 Å². The summed E-state index contributed by atoms with van der Waals surface area (Å²) in [5, 5.41) is 10.4. The van der Waals surface area contributed by atoms with Gasteiger partial charge in [-0.1, -0.05) is 44.6 Å². The Bertz CT molecular complexity index is 484. The summed E-state index contributed by atoms with van der Waals surface area (Å²) in [7, 11) is 0. The normalized spacial score (nSPS) is 41.1. The molecule has 21 heavy (non-hydrogen) atoms. The fourth-order valence-corrected chi connectivity index (χ4v) is 5.40. The van der Waals surface area contributed by atoms with E-state index in [0.717, 1.165) is 12.3 Å². The molecule has 3 aliphatic rings. The highest BCUT2D eigenvalue weighted by molar-refractivity contribution is 5.42. The summed E-state index contributed by atoms with van der Waals surface area (Å²) >= 11 is 0. The van der Waals surface area contributed by atoms with Crippen molar-refractivity contribution in [1.29, 1.82) is 0 Å². The number of hydrogen-bond donors (Lipinski definition) is 1. The molecule has 2 fully saturated rings. The third-order valence-corrected chi connectivity index (χ3v) is 6.54. The standard InChI is InChI=1S/C20H30O/c1-4-6-14-8-9-17-16(15(14)7-5-2)12-13-20(3)18(17)10-11-19(20)21/h4,6,17-19,21H,1,5,7-13H2,2-3H3/b14-6-. The van der Waals surface area contributed by atoms with E-state index in [9.17, 15) is 5.11 Å². The predicted molar refractivity (Wildman–Crippen MR) is 89.0 cm³/mol. The summed E-state index contributed by atoms with van der Waals surface area (Å²) < 4.78 is 0. The van der Waals surface area contributed by atoms with Crippen molar-refractivity contribution in [1.82, 2.24) is 0 Å². The van der Waals surface area contributed by atoms with Gasteiger partial charge in [0.15, 0.2) is 0 Å². The van der Waals surface area contributed by atoms with Crippen LogP contribution in [-0.2, 0) is 0 Å². The van der Waals surface area contributed by atoms with E-state index >= 15 is 0 Å². The summed E-state index contributed by atoms with van der Waals surface area (Å²) in [5.41, 5.74) is 5.12. The summed E-state index contributed by atoms with van der Waals surface area (Å²) in [4.78, 5) is 0. The largest absolute Gasteiger partial charge is 0.393 e. The zero-order valence-electron chi connectivity index (χ0n) is 13.7. The number of fused-ring (bicyclic) bond motifs is 3. The Labute approximate surface area is 129 Å². The molecule has 1 nitrogen and oxygen atoms in total. The molecule has 4 atom stereocenters. The highest BCUT2D eigenvalue weighted by atomic mass is 16.3. The van der Waals surface area contributed by atoms with Gasteiger partial charge in [0.25, 0.3) is 0 Å². The van der Waals surface area contributed by atoms with Gasteiger partial charge in [-0.2, -0.15) is 0 Å². The van der Waals surface area contributed by atoms with Crippen molar-refractivity contribution >= 4 is 0 Å². The summed E-state index contributed by atoms with van der Waals surface area (Å²) in [6.45, 7) is 8.53. The van der Waals surface area contributed by atoms with Gasteiger partial charge in [0.1, 0.15) is 0 Å². The zero-order valence-corrected chi connectivity index (χ0v) is 13.7. The molecule has 0 aliphatic heterocycles. The van der Waals surface area contributed by atoms with E-state index in [1.165, 1.54) is 44.9 Å². The molecule has 0 saturated heterocycles. The van der Waals surface area contributed by atoms with Crippen molar-refractivity contribution < 1.29 is 5.11 Å². The van der Waals surface area contributed by atoms with Gasteiger partial charge in [-0.05, 0) is 73.3 Å². The Morgan fingerprint density at radius 3 is 2.81 bits per heavy atom. The van der Waals surface area contributed by atoms with Crippen molar-refractivity contribution in [3.8, 4) is 0 Å². The van der Waals surface area contributed by atoms with Gasteiger partial charge in [0, 0.05) is 0 Å². The maximum absolute atomic E-state index is 10.4. The second-order valence-corrected chi connectivity index (χ2v) is 7.53. The Morgan fingerprint density at radius 1 is 1.29 bits per heavy atom. The summed E-state index contributed by atoms with van der Waals surface area (Å²) in [6, 6.07) is 0. The smallest absolute Gasteiger partial charge is 0.0596 e. The molecule has 0 aromatic carbocycles. The third kappa shape index (κ3) is 2.34. The first-order valence-corrected chi connectivity index (χ1v) is 8.83. The molecule has 0 bridgehead atoms. The van der Waals surface area contributed by atoms with Crippen LogP contribution in [0, 0.1) is 17.3 Å². The second-order valence-electron chi connectivity index (χ2n) is 7.53. The second kappa shape index (κ2) is 5.76. The van der Waals surface area contributed by atoms with Crippen LogP contribution in [0.1, 0.15) is 65.2 Å². The Balaban J connectivity index is 1.98. The minimum absolute atomic E-state index is 0.0659. The molecule has 3 rings (SSSR count).